The zero-order valence-electron chi connectivity index (χ0n) is 11.7. The van der Waals surface area contributed by atoms with E-state index in [0.29, 0.717) is 11.8 Å². The van der Waals surface area contributed by atoms with Gasteiger partial charge in [-0.2, -0.15) is 0 Å². The van der Waals surface area contributed by atoms with Crippen molar-refractivity contribution < 1.29 is 22.7 Å². The summed E-state index contributed by atoms with van der Waals surface area (Å²) in [6.07, 6.45) is 0.761. The van der Waals surface area contributed by atoms with Crippen molar-refractivity contribution in [2.45, 2.75) is 19.9 Å². The molecule has 0 amide bonds. The number of anilines is 1. The third-order valence-electron chi connectivity index (χ3n) is 2.98. The summed E-state index contributed by atoms with van der Waals surface area (Å²) < 4.78 is 37.1. The summed E-state index contributed by atoms with van der Waals surface area (Å²) >= 11 is 0. The minimum absolute atomic E-state index is 0.00579. The number of hydrogen-bond acceptors (Lipinski definition) is 4. The van der Waals surface area contributed by atoms with Gasteiger partial charge in [-0.1, -0.05) is 6.92 Å². The number of methoxy groups -OCH3 is 1. The van der Waals surface area contributed by atoms with E-state index in [9.17, 15) is 13.6 Å². The Balaban J connectivity index is 2.17. The van der Waals surface area contributed by atoms with Crippen LogP contribution in [0.4, 0.5) is 14.5 Å². The van der Waals surface area contributed by atoms with Crippen molar-refractivity contribution in [3.05, 3.63) is 53.0 Å². The summed E-state index contributed by atoms with van der Waals surface area (Å²) in [7, 11) is 1.13. The molecule has 1 aromatic carbocycles. The molecule has 2 aromatic rings. The van der Waals surface area contributed by atoms with Gasteiger partial charge in [-0.15, -0.1) is 0 Å². The maximum atomic E-state index is 13.7. The number of ether oxygens (including phenoxy) is 1. The Bertz CT molecular complexity index is 652. The van der Waals surface area contributed by atoms with Crippen LogP contribution in [-0.2, 0) is 17.7 Å². The average Bonchev–Trinajstić information content (AvgIpc) is 2.93. The van der Waals surface area contributed by atoms with E-state index in [4.69, 9.17) is 4.42 Å². The van der Waals surface area contributed by atoms with Crippen LogP contribution in [-0.4, -0.2) is 13.1 Å². The Morgan fingerprint density at radius 1 is 1.24 bits per heavy atom. The van der Waals surface area contributed by atoms with Crippen molar-refractivity contribution in [2.24, 2.45) is 0 Å². The Hall–Kier alpha value is -2.37. The van der Waals surface area contributed by atoms with Crippen molar-refractivity contribution in [3.8, 4) is 0 Å². The molecule has 4 nitrogen and oxygen atoms in total. The highest BCUT2D eigenvalue weighted by molar-refractivity contribution is 5.90. The van der Waals surface area contributed by atoms with Gasteiger partial charge in [0, 0.05) is 12.5 Å². The van der Waals surface area contributed by atoms with Crippen molar-refractivity contribution in [1.82, 2.24) is 0 Å². The molecule has 0 atom stereocenters. The van der Waals surface area contributed by atoms with Gasteiger partial charge in [-0.05, 0) is 18.2 Å². The fraction of sp³-hybridized carbons (Fsp3) is 0.267. The Labute approximate surface area is 120 Å². The zero-order valence-corrected chi connectivity index (χ0v) is 11.7. The fourth-order valence-electron chi connectivity index (χ4n) is 1.84. The number of aryl methyl sites for hydroxylation is 1. The summed E-state index contributed by atoms with van der Waals surface area (Å²) in [6, 6.07) is 5.33. The normalized spacial score (nSPS) is 10.5. The molecule has 0 aliphatic carbocycles. The van der Waals surface area contributed by atoms with Crippen LogP contribution in [0.2, 0.25) is 0 Å². The minimum atomic E-state index is -0.962. The number of rotatable bonds is 5. The van der Waals surface area contributed by atoms with Crippen LogP contribution in [0.3, 0.4) is 0 Å². The Kier molecular flexibility index (Phi) is 4.57. The van der Waals surface area contributed by atoms with E-state index in [2.05, 4.69) is 10.1 Å². The maximum absolute atomic E-state index is 13.7. The molecule has 21 heavy (non-hydrogen) atoms. The summed E-state index contributed by atoms with van der Waals surface area (Å²) in [6.45, 7) is 2.18. The Morgan fingerprint density at radius 2 is 1.95 bits per heavy atom. The van der Waals surface area contributed by atoms with Crippen LogP contribution in [0.5, 0.6) is 0 Å². The maximum Gasteiger partial charge on any atom is 0.340 e. The molecule has 1 heterocycles. The molecular formula is C15H15F2NO3. The van der Waals surface area contributed by atoms with Gasteiger partial charge in [-0.25, -0.2) is 13.6 Å². The second kappa shape index (κ2) is 6.39. The van der Waals surface area contributed by atoms with Crippen molar-refractivity contribution in [3.63, 3.8) is 0 Å². The first-order valence-corrected chi connectivity index (χ1v) is 6.44. The van der Waals surface area contributed by atoms with Crippen LogP contribution in [0.15, 0.2) is 28.7 Å². The molecular weight excluding hydrogens is 280 g/mol. The molecule has 1 aromatic heterocycles. The number of nitrogens with one attached hydrogen (secondary N) is 1. The molecule has 0 saturated heterocycles. The van der Waals surface area contributed by atoms with E-state index in [0.717, 1.165) is 25.4 Å². The lowest BCUT2D eigenvalue weighted by Gasteiger charge is -2.09. The summed E-state index contributed by atoms with van der Waals surface area (Å²) in [5.74, 6) is -1.17. The van der Waals surface area contributed by atoms with Crippen molar-refractivity contribution in [1.29, 1.82) is 0 Å². The van der Waals surface area contributed by atoms with E-state index in [-0.39, 0.29) is 17.8 Å². The number of halogens is 2. The Morgan fingerprint density at radius 3 is 2.57 bits per heavy atom. The lowest BCUT2D eigenvalue weighted by Crippen LogP contribution is -2.08. The first-order chi connectivity index (χ1) is 10.0. The summed E-state index contributed by atoms with van der Waals surface area (Å²) in [4.78, 5) is 11.4. The summed E-state index contributed by atoms with van der Waals surface area (Å²) in [5, 5.41) is 2.77. The molecule has 0 aliphatic rings. The zero-order chi connectivity index (χ0) is 15.4. The highest BCUT2D eigenvalue weighted by Gasteiger charge is 2.16. The quantitative estimate of drug-likeness (QED) is 0.857. The number of carbonyl (C=O) groups is 1. The number of hydrogen-bond donors (Lipinski definition) is 1. The van der Waals surface area contributed by atoms with Gasteiger partial charge in [0.2, 0.25) is 0 Å². The predicted molar refractivity (Wildman–Crippen MR) is 73.1 cm³/mol. The van der Waals surface area contributed by atoms with Crippen molar-refractivity contribution in [2.75, 3.05) is 12.4 Å². The fourth-order valence-corrected chi connectivity index (χ4v) is 1.84. The molecule has 0 saturated carbocycles. The monoisotopic (exact) mass is 295 g/mol. The molecule has 0 radical (unpaired) electrons. The molecule has 0 spiro atoms. The van der Waals surface area contributed by atoms with Gasteiger partial charge in [-0.3, -0.25) is 0 Å². The molecule has 0 bridgehead atoms. The second-order valence-corrected chi connectivity index (χ2v) is 4.38. The lowest BCUT2D eigenvalue weighted by atomic mass is 10.1. The van der Waals surface area contributed by atoms with Gasteiger partial charge in [0.1, 0.15) is 23.2 Å². The van der Waals surface area contributed by atoms with Crippen LogP contribution in [0.25, 0.3) is 0 Å². The van der Waals surface area contributed by atoms with Crippen LogP contribution in [0, 0.1) is 11.6 Å². The smallest absolute Gasteiger partial charge is 0.340 e. The van der Waals surface area contributed by atoms with Crippen LogP contribution in [0.1, 0.15) is 28.8 Å². The number of carbonyl (C=O) groups excluding carboxylic acids is 1. The van der Waals surface area contributed by atoms with Gasteiger partial charge in [0.05, 0.1) is 24.9 Å². The lowest BCUT2D eigenvalue weighted by molar-refractivity contribution is 0.0595. The number of esters is 1. The second-order valence-electron chi connectivity index (χ2n) is 4.38. The number of furan rings is 1. The number of benzene rings is 1. The molecule has 6 heteroatoms. The SMILES string of the molecule is CCc1ccc(CNc2cc(C(=O)OC)c(F)cc2F)o1. The third kappa shape index (κ3) is 3.39. The third-order valence-corrected chi connectivity index (χ3v) is 2.98. The highest BCUT2D eigenvalue weighted by atomic mass is 19.1. The molecule has 0 aliphatic heterocycles. The first kappa shape index (κ1) is 15.0. The van der Waals surface area contributed by atoms with Gasteiger partial charge < -0.3 is 14.5 Å². The van der Waals surface area contributed by atoms with Crippen LogP contribution >= 0.6 is 0 Å². The molecule has 0 fully saturated rings. The van der Waals surface area contributed by atoms with Crippen molar-refractivity contribution >= 4 is 11.7 Å². The molecule has 112 valence electrons. The predicted octanol–water partition coefficient (Wildman–Crippen LogP) is 3.52. The van der Waals surface area contributed by atoms with E-state index in [1.165, 1.54) is 0 Å². The van der Waals surface area contributed by atoms with Gasteiger partial charge >= 0.3 is 5.97 Å². The van der Waals surface area contributed by atoms with E-state index < -0.39 is 17.6 Å². The minimum Gasteiger partial charge on any atom is -0.465 e. The van der Waals surface area contributed by atoms with Crippen LogP contribution < -0.4 is 5.32 Å². The average molecular weight is 295 g/mol. The van der Waals surface area contributed by atoms with E-state index >= 15 is 0 Å². The van der Waals surface area contributed by atoms with Gasteiger partial charge in [0.15, 0.2) is 0 Å². The van der Waals surface area contributed by atoms with E-state index in [1.807, 2.05) is 13.0 Å². The van der Waals surface area contributed by atoms with E-state index in [1.54, 1.807) is 6.07 Å². The largest absolute Gasteiger partial charge is 0.465 e. The first-order valence-electron chi connectivity index (χ1n) is 6.44. The summed E-state index contributed by atoms with van der Waals surface area (Å²) in [5.41, 5.74) is -0.318. The molecule has 0 unspecified atom stereocenters. The molecule has 1 N–H and O–H groups in total. The standard InChI is InChI=1S/C15H15F2NO3/c1-3-9-4-5-10(21-9)8-18-14-6-11(15(19)20-2)12(16)7-13(14)17/h4-7,18H,3,8H2,1-2H3. The van der Waals surface area contributed by atoms with Gasteiger partial charge in [0.25, 0.3) is 0 Å². The highest BCUT2D eigenvalue weighted by Crippen LogP contribution is 2.21. The molecule has 2 rings (SSSR count). The topological polar surface area (TPSA) is 51.5 Å².